The normalized spacial score (nSPS) is 23.8. The minimum Gasteiger partial charge on any atom is -0.389 e. The standard InChI is InChI=1S/C14H30N2O/c1-4-14(5-2)8-10-16(12-14)9-6-7-13(3,17)11-15/h17H,4-12,15H2,1-3H3. The highest BCUT2D eigenvalue weighted by molar-refractivity contribution is 4.88. The maximum absolute atomic E-state index is 9.85. The average Bonchev–Trinajstić information content (AvgIpc) is 2.73. The summed E-state index contributed by atoms with van der Waals surface area (Å²) in [6.07, 6.45) is 5.78. The predicted molar refractivity (Wildman–Crippen MR) is 73.0 cm³/mol. The van der Waals surface area contributed by atoms with Crippen LogP contribution in [-0.2, 0) is 0 Å². The maximum atomic E-state index is 9.85. The quantitative estimate of drug-likeness (QED) is 0.718. The SMILES string of the molecule is CCC1(CC)CCN(CCCC(C)(O)CN)C1. The molecule has 0 saturated carbocycles. The van der Waals surface area contributed by atoms with Crippen molar-refractivity contribution in [3.8, 4) is 0 Å². The summed E-state index contributed by atoms with van der Waals surface area (Å²) in [5, 5.41) is 9.85. The first-order valence-electron chi connectivity index (χ1n) is 7.12. The molecule has 0 radical (unpaired) electrons. The van der Waals surface area contributed by atoms with E-state index in [-0.39, 0.29) is 0 Å². The summed E-state index contributed by atoms with van der Waals surface area (Å²) in [6, 6.07) is 0. The Morgan fingerprint density at radius 1 is 1.35 bits per heavy atom. The summed E-state index contributed by atoms with van der Waals surface area (Å²) in [5.41, 5.74) is 5.41. The summed E-state index contributed by atoms with van der Waals surface area (Å²) < 4.78 is 0. The number of hydrogen-bond donors (Lipinski definition) is 2. The molecule has 102 valence electrons. The number of hydrogen-bond acceptors (Lipinski definition) is 3. The Kier molecular flexibility index (Phi) is 5.42. The van der Waals surface area contributed by atoms with Crippen LogP contribution in [0.2, 0.25) is 0 Å². The van der Waals surface area contributed by atoms with Gasteiger partial charge in [-0.25, -0.2) is 0 Å². The number of nitrogens with zero attached hydrogens (tertiary/aromatic N) is 1. The molecule has 0 bridgehead atoms. The summed E-state index contributed by atoms with van der Waals surface area (Å²) >= 11 is 0. The van der Waals surface area contributed by atoms with Gasteiger partial charge in [-0.2, -0.15) is 0 Å². The second-order valence-corrected chi connectivity index (χ2v) is 6.04. The molecule has 1 atom stereocenters. The van der Waals surface area contributed by atoms with Crippen LogP contribution in [0.1, 0.15) is 52.9 Å². The molecule has 1 fully saturated rings. The number of rotatable bonds is 7. The zero-order chi connectivity index (χ0) is 12.9. The summed E-state index contributed by atoms with van der Waals surface area (Å²) in [7, 11) is 0. The minimum atomic E-state index is -0.674. The highest BCUT2D eigenvalue weighted by Gasteiger charge is 2.34. The van der Waals surface area contributed by atoms with Crippen LogP contribution < -0.4 is 5.73 Å². The first kappa shape index (κ1) is 14.9. The van der Waals surface area contributed by atoms with E-state index in [0.29, 0.717) is 12.0 Å². The lowest BCUT2D eigenvalue weighted by atomic mass is 9.82. The zero-order valence-corrected chi connectivity index (χ0v) is 11.8. The van der Waals surface area contributed by atoms with Gasteiger partial charge in [-0.3, -0.25) is 0 Å². The molecular weight excluding hydrogens is 212 g/mol. The number of nitrogens with two attached hydrogens (primary N) is 1. The topological polar surface area (TPSA) is 49.5 Å². The lowest BCUT2D eigenvalue weighted by Crippen LogP contribution is -2.35. The Bertz CT molecular complexity index is 224. The molecule has 0 aromatic heterocycles. The molecule has 3 nitrogen and oxygen atoms in total. The molecule has 1 aliphatic heterocycles. The van der Waals surface area contributed by atoms with Gasteiger partial charge < -0.3 is 15.7 Å². The molecule has 1 heterocycles. The van der Waals surface area contributed by atoms with Crippen molar-refractivity contribution in [2.24, 2.45) is 11.1 Å². The third-order valence-electron chi connectivity index (χ3n) is 4.65. The summed E-state index contributed by atoms with van der Waals surface area (Å²) in [6.45, 7) is 10.4. The number of aliphatic hydroxyl groups is 1. The van der Waals surface area contributed by atoms with Gasteiger partial charge >= 0.3 is 0 Å². The van der Waals surface area contributed by atoms with Crippen LogP contribution in [0.5, 0.6) is 0 Å². The van der Waals surface area contributed by atoms with Gasteiger partial charge in [-0.05, 0) is 57.5 Å². The van der Waals surface area contributed by atoms with E-state index < -0.39 is 5.60 Å². The van der Waals surface area contributed by atoms with Crippen LogP contribution in [0.3, 0.4) is 0 Å². The third kappa shape index (κ3) is 4.23. The van der Waals surface area contributed by atoms with E-state index in [2.05, 4.69) is 18.7 Å². The second-order valence-electron chi connectivity index (χ2n) is 6.04. The van der Waals surface area contributed by atoms with Crippen LogP contribution in [0.4, 0.5) is 0 Å². The average molecular weight is 242 g/mol. The Hall–Kier alpha value is -0.120. The Morgan fingerprint density at radius 3 is 2.47 bits per heavy atom. The largest absolute Gasteiger partial charge is 0.389 e. The number of likely N-dealkylation sites (tertiary alicyclic amines) is 1. The molecule has 1 unspecified atom stereocenters. The van der Waals surface area contributed by atoms with Gasteiger partial charge in [-0.1, -0.05) is 13.8 Å². The van der Waals surface area contributed by atoms with E-state index in [9.17, 15) is 5.11 Å². The molecule has 3 heteroatoms. The maximum Gasteiger partial charge on any atom is 0.0741 e. The van der Waals surface area contributed by atoms with Crippen molar-refractivity contribution in [2.75, 3.05) is 26.2 Å². The van der Waals surface area contributed by atoms with E-state index in [1.807, 2.05) is 6.92 Å². The van der Waals surface area contributed by atoms with Crippen molar-refractivity contribution < 1.29 is 5.11 Å². The Morgan fingerprint density at radius 2 is 2.00 bits per heavy atom. The van der Waals surface area contributed by atoms with Gasteiger partial charge in [0.1, 0.15) is 0 Å². The lowest BCUT2D eigenvalue weighted by Gasteiger charge is -2.27. The van der Waals surface area contributed by atoms with Crippen molar-refractivity contribution in [3.63, 3.8) is 0 Å². The molecule has 17 heavy (non-hydrogen) atoms. The summed E-state index contributed by atoms with van der Waals surface area (Å²) in [4.78, 5) is 2.56. The van der Waals surface area contributed by atoms with Crippen molar-refractivity contribution in [1.82, 2.24) is 4.90 Å². The van der Waals surface area contributed by atoms with E-state index in [1.165, 1.54) is 32.4 Å². The molecule has 3 N–H and O–H groups in total. The van der Waals surface area contributed by atoms with Gasteiger partial charge in [0.15, 0.2) is 0 Å². The minimum absolute atomic E-state index is 0.362. The van der Waals surface area contributed by atoms with E-state index in [1.54, 1.807) is 0 Å². The van der Waals surface area contributed by atoms with Crippen LogP contribution >= 0.6 is 0 Å². The van der Waals surface area contributed by atoms with Crippen LogP contribution in [0.25, 0.3) is 0 Å². The fraction of sp³-hybridized carbons (Fsp3) is 1.00. The Labute approximate surface area is 106 Å². The van der Waals surface area contributed by atoms with Crippen LogP contribution in [-0.4, -0.2) is 41.8 Å². The fourth-order valence-electron chi connectivity index (χ4n) is 2.83. The highest BCUT2D eigenvalue weighted by atomic mass is 16.3. The van der Waals surface area contributed by atoms with Gasteiger partial charge in [-0.15, -0.1) is 0 Å². The molecule has 1 saturated heterocycles. The molecule has 0 aliphatic carbocycles. The van der Waals surface area contributed by atoms with Crippen molar-refractivity contribution >= 4 is 0 Å². The Balaban J connectivity index is 2.27. The molecule has 0 aromatic carbocycles. The first-order valence-corrected chi connectivity index (χ1v) is 7.12. The molecule has 1 aliphatic rings. The second kappa shape index (κ2) is 6.17. The summed E-state index contributed by atoms with van der Waals surface area (Å²) in [5.74, 6) is 0. The molecular formula is C14H30N2O. The van der Waals surface area contributed by atoms with Crippen molar-refractivity contribution in [3.05, 3.63) is 0 Å². The first-order chi connectivity index (χ1) is 7.97. The lowest BCUT2D eigenvalue weighted by molar-refractivity contribution is 0.0547. The van der Waals surface area contributed by atoms with Crippen LogP contribution in [0.15, 0.2) is 0 Å². The predicted octanol–water partition coefficient (Wildman–Crippen LogP) is 1.99. The molecule has 1 rings (SSSR count). The van der Waals surface area contributed by atoms with Crippen LogP contribution in [0, 0.1) is 5.41 Å². The molecule has 0 amide bonds. The van der Waals surface area contributed by atoms with Gasteiger partial charge in [0, 0.05) is 13.1 Å². The van der Waals surface area contributed by atoms with E-state index in [4.69, 9.17) is 5.73 Å². The van der Waals surface area contributed by atoms with E-state index >= 15 is 0 Å². The van der Waals surface area contributed by atoms with Gasteiger partial charge in [0.05, 0.1) is 5.60 Å². The highest BCUT2D eigenvalue weighted by Crippen LogP contribution is 2.36. The fourth-order valence-corrected chi connectivity index (χ4v) is 2.83. The van der Waals surface area contributed by atoms with E-state index in [0.717, 1.165) is 19.4 Å². The van der Waals surface area contributed by atoms with Crippen molar-refractivity contribution in [1.29, 1.82) is 0 Å². The monoisotopic (exact) mass is 242 g/mol. The third-order valence-corrected chi connectivity index (χ3v) is 4.65. The molecule has 0 spiro atoms. The molecule has 0 aromatic rings. The smallest absolute Gasteiger partial charge is 0.0741 e. The van der Waals surface area contributed by atoms with Gasteiger partial charge in [0.25, 0.3) is 0 Å². The zero-order valence-electron chi connectivity index (χ0n) is 11.8. The van der Waals surface area contributed by atoms with Crippen molar-refractivity contribution in [2.45, 2.75) is 58.5 Å². The van der Waals surface area contributed by atoms with Gasteiger partial charge in [0.2, 0.25) is 0 Å².